The predicted molar refractivity (Wildman–Crippen MR) is 65.6 cm³/mol. The molecular weight excluding hydrogens is 291 g/mol. The van der Waals surface area contributed by atoms with Crippen LogP contribution in [0.5, 0.6) is 0 Å². The molecule has 114 valence electrons. The third-order valence-electron chi connectivity index (χ3n) is 3.08. The molecule has 1 amide bonds. The quantitative estimate of drug-likeness (QED) is 0.898. The Hall–Kier alpha value is -2.09. The highest BCUT2D eigenvalue weighted by Gasteiger charge is 2.37. The van der Waals surface area contributed by atoms with Crippen LogP contribution in [0.4, 0.5) is 18.9 Å². The van der Waals surface area contributed by atoms with Crippen LogP contribution in [0.3, 0.4) is 0 Å². The Balaban J connectivity index is 2.09. The Labute approximate surface area is 117 Å². The number of nitrogens with one attached hydrogen (secondary N) is 1. The van der Waals surface area contributed by atoms with Crippen molar-refractivity contribution >= 4 is 17.6 Å². The van der Waals surface area contributed by atoms with E-state index in [2.05, 4.69) is 5.32 Å². The van der Waals surface area contributed by atoms with Gasteiger partial charge in [-0.15, -0.1) is 0 Å². The van der Waals surface area contributed by atoms with E-state index in [4.69, 9.17) is 9.84 Å². The molecule has 0 saturated carbocycles. The van der Waals surface area contributed by atoms with Gasteiger partial charge in [0.05, 0.1) is 11.3 Å². The number of hydrogen-bond donors (Lipinski definition) is 2. The van der Waals surface area contributed by atoms with Crippen LogP contribution in [-0.2, 0) is 20.5 Å². The van der Waals surface area contributed by atoms with E-state index in [0.717, 1.165) is 12.1 Å². The van der Waals surface area contributed by atoms with E-state index < -0.39 is 35.8 Å². The monoisotopic (exact) mass is 303 g/mol. The summed E-state index contributed by atoms with van der Waals surface area (Å²) >= 11 is 0. The van der Waals surface area contributed by atoms with Crippen molar-refractivity contribution in [1.29, 1.82) is 0 Å². The third-order valence-corrected chi connectivity index (χ3v) is 3.08. The van der Waals surface area contributed by atoms with Crippen LogP contribution in [0.15, 0.2) is 24.3 Å². The molecule has 2 rings (SSSR count). The van der Waals surface area contributed by atoms with E-state index in [9.17, 15) is 22.8 Å². The number of rotatable bonds is 3. The lowest BCUT2D eigenvalue weighted by Crippen LogP contribution is -2.30. The molecular formula is C13H12F3NO4. The van der Waals surface area contributed by atoms with Gasteiger partial charge in [-0.3, -0.25) is 4.79 Å². The van der Waals surface area contributed by atoms with Crippen molar-refractivity contribution in [3.63, 3.8) is 0 Å². The number of carboxylic acid groups (broad SMARTS) is 1. The summed E-state index contributed by atoms with van der Waals surface area (Å²) in [5, 5.41) is 10.9. The number of carbonyl (C=O) groups excluding carboxylic acids is 1. The molecule has 21 heavy (non-hydrogen) atoms. The largest absolute Gasteiger partial charge is 0.479 e. The van der Waals surface area contributed by atoms with Crippen molar-refractivity contribution in [3.8, 4) is 0 Å². The second-order valence-corrected chi connectivity index (χ2v) is 4.56. The summed E-state index contributed by atoms with van der Waals surface area (Å²) in [4.78, 5) is 22.6. The summed E-state index contributed by atoms with van der Waals surface area (Å²) in [7, 11) is 0. The third kappa shape index (κ3) is 3.52. The Morgan fingerprint density at radius 2 is 1.81 bits per heavy atom. The minimum atomic E-state index is -4.59. The first-order chi connectivity index (χ1) is 9.79. The van der Waals surface area contributed by atoms with Crippen molar-refractivity contribution in [2.45, 2.75) is 31.2 Å². The number of amides is 1. The molecule has 0 bridgehead atoms. The number of hydrogen-bond acceptors (Lipinski definition) is 3. The summed E-state index contributed by atoms with van der Waals surface area (Å²) in [6.45, 7) is 0. The summed E-state index contributed by atoms with van der Waals surface area (Å²) in [6.07, 6.45) is -6.46. The van der Waals surface area contributed by atoms with Crippen LogP contribution in [0.2, 0.25) is 0 Å². The Kier molecular flexibility index (Phi) is 4.17. The second-order valence-electron chi connectivity index (χ2n) is 4.56. The fourth-order valence-electron chi connectivity index (χ4n) is 2.06. The van der Waals surface area contributed by atoms with Gasteiger partial charge in [-0.1, -0.05) is 12.1 Å². The van der Waals surface area contributed by atoms with E-state index in [1.807, 2.05) is 0 Å². The maximum absolute atomic E-state index is 12.8. The number of carbonyl (C=O) groups is 2. The first-order valence-corrected chi connectivity index (χ1v) is 6.14. The average Bonchev–Trinajstić information content (AvgIpc) is 2.88. The zero-order valence-corrected chi connectivity index (χ0v) is 10.7. The van der Waals surface area contributed by atoms with Gasteiger partial charge in [0, 0.05) is 0 Å². The summed E-state index contributed by atoms with van der Waals surface area (Å²) < 4.78 is 43.3. The first kappa shape index (κ1) is 15.3. The highest BCUT2D eigenvalue weighted by molar-refractivity contribution is 5.95. The number of carboxylic acids is 1. The summed E-state index contributed by atoms with van der Waals surface area (Å²) in [5.41, 5.74) is -1.34. The van der Waals surface area contributed by atoms with Crippen LogP contribution in [0.1, 0.15) is 18.4 Å². The molecule has 0 aromatic heterocycles. The van der Waals surface area contributed by atoms with Gasteiger partial charge in [0.2, 0.25) is 0 Å². The van der Waals surface area contributed by atoms with Gasteiger partial charge in [-0.2, -0.15) is 13.2 Å². The van der Waals surface area contributed by atoms with Gasteiger partial charge in [-0.05, 0) is 25.0 Å². The highest BCUT2D eigenvalue weighted by Crippen LogP contribution is 2.35. The van der Waals surface area contributed by atoms with E-state index in [1.165, 1.54) is 12.1 Å². The number of aliphatic carboxylic acids is 1. The molecule has 1 aromatic carbocycles. The molecule has 0 spiro atoms. The van der Waals surface area contributed by atoms with Gasteiger partial charge in [0.15, 0.2) is 6.10 Å². The number of ether oxygens (including phenoxy) is 1. The normalized spacial score (nSPS) is 22.0. The van der Waals surface area contributed by atoms with Crippen LogP contribution >= 0.6 is 0 Å². The Morgan fingerprint density at radius 3 is 2.38 bits per heavy atom. The number of anilines is 1. The van der Waals surface area contributed by atoms with Crippen molar-refractivity contribution < 1.29 is 32.6 Å². The van der Waals surface area contributed by atoms with Crippen molar-refractivity contribution in [2.24, 2.45) is 0 Å². The van der Waals surface area contributed by atoms with Gasteiger partial charge in [-0.25, -0.2) is 4.79 Å². The molecule has 0 aliphatic carbocycles. The van der Waals surface area contributed by atoms with Gasteiger partial charge >= 0.3 is 12.1 Å². The topological polar surface area (TPSA) is 75.6 Å². The van der Waals surface area contributed by atoms with E-state index in [-0.39, 0.29) is 18.5 Å². The zero-order chi connectivity index (χ0) is 15.6. The first-order valence-electron chi connectivity index (χ1n) is 6.14. The number of benzene rings is 1. The molecule has 2 N–H and O–H groups in total. The van der Waals surface area contributed by atoms with Gasteiger partial charge in [0.25, 0.3) is 5.91 Å². The molecule has 2 unspecified atom stereocenters. The van der Waals surface area contributed by atoms with Crippen LogP contribution in [-0.4, -0.2) is 29.2 Å². The van der Waals surface area contributed by atoms with Crippen molar-refractivity contribution in [2.75, 3.05) is 5.32 Å². The predicted octanol–water partition coefficient (Wildman–Crippen LogP) is 2.28. The molecule has 1 aromatic rings. The van der Waals surface area contributed by atoms with E-state index in [0.29, 0.717) is 0 Å². The second kappa shape index (κ2) is 5.72. The molecule has 1 aliphatic rings. The van der Waals surface area contributed by atoms with Crippen molar-refractivity contribution in [1.82, 2.24) is 0 Å². The molecule has 1 saturated heterocycles. The maximum Gasteiger partial charge on any atom is 0.418 e. The average molecular weight is 303 g/mol. The standard InChI is InChI=1S/C13H12F3NO4/c14-13(15,16)7-3-1-2-4-8(7)17-11(18)9-5-6-10(21-9)12(19)20/h1-4,9-10H,5-6H2,(H,17,18)(H,19,20). The number of halogens is 3. The number of para-hydroxylation sites is 1. The van der Waals surface area contributed by atoms with Crippen LogP contribution in [0.25, 0.3) is 0 Å². The Morgan fingerprint density at radius 1 is 1.19 bits per heavy atom. The Bertz CT molecular complexity index is 559. The van der Waals surface area contributed by atoms with Gasteiger partial charge < -0.3 is 15.2 Å². The number of alkyl halides is 3. The van der Waals surface area contributed by atoms with E-state index >= 15 is 0 Å². The van der Waals surface area contributed by atoms with Gasteiger partial charge in [0.1, 0.15) is 6.10 Å². The minimum absolute atomic E-state index is 0.147. The molecule has 1 heterocycles. The van der Waals surface area contributed by atoms with Crippen molar-refractivity contribution in [3.05, 3.63) is 29.8 Å². The minimum Gasteiger partial charge on any atom is -0.479 e. The molecule has 1 aliphatic heterocycles. The molecule has 1 fully saturated rings. The fraction of sp³-hybridized carbons (Fsp3) is 0.385. The lowest BCUT2D eigenvalue weighted by Gasteiger charge is -2.16. The zero-order valence-electron chi connectivity index (χ0n) is 10.7. The molecule has 5 nitrogen and oxygen atoms in total. The summed E-state index contributed by atoms with van der Waals surface area (Å²) in [6, 6.07) is 4.56. The maximum atomic E-state index is 12.8. The lowest BCUT2D eigenvalue weighted by atomic mass is 10.1. The molecule has 2 atom stereocenters. The molecule has 0 radical (unpaired) electrons. The lowest BCUT2D eigenvalue weighted by molar-refractivity contribution is -0.150. The van der Waals surface area contributed by atoms with Crippen LogP contribution < -0.4 is 5.32 Å². The fourth-order valence-corrected chi connectivity index (χ4v) is 2.06. The summed E-state index contributed by atoms with van der Waals surface area (Å²) in [5.74, 6) is -1.98. The molecule has 8 heteroatoms. The van der Waals surface area contributed by atoms with Crippen LogP contribution in [0, 0.1) is 0 Å². The smallest absolute Gasteiger partial charge is 0.418 e. The highest BCUT2D eigenvalue weighted by atomic mass is 19.4. The SMILES string of the molecule is O=C(O)C1CCC(C(=O)Nc2ccccc2C(F)(F)F)O1. The van der Waals surface area contributed by atoms with E-state index in [1.54, 1.807) is 0 Å².